The van der Waals surface area contributed by atoms with Crippen LogP contribution in [0.4, 0.5) is 0 Å². The molecule has 0 aliphatic carbocycles. The van der Waals surface area contributed by atoms with Gasteiger partial charge in [-0.15, -0.1) is 0 Å². The lowest BCUT2D eigenvalue weighted by Crippen LogP contribution is -2.52. The number of nitrogens with zero attached hydrogens (tertiary/aromatic N) is 1. The second-order valence-electron chi connectivity index (χ2n) is 11.1. The molecule has 0 heterocycles. The second kappa shape index (κ2) is 13.9. The molecule has 0 bridgehead atoms. The topological polar surface area (TPSA) is 58.6 Å². The van der Waals surface area contributed by atoms with E-state index < -0.39 is 6.04 Å². The predicted octanol–water partition coefficient (Wildman–Crippen LogP) is 7.08. The van der Waals surface area contributed by atoms with Crippen molar-refractivity contribution < 1.29 is 14.3 Å². The third-order valence-electron chi connectivity index (χ3n) is 6.36. The Kier molecular flexibility index (Phi) is 10.8. The molecule has 1 N–H and O–H groups in total. The zero-order chi connectivity index (χ0) is 28.6. The minimum Gasteiger partial charge on any atom is -0.483 e. The maximum Gasteiger partial charge on any atom is 0.261 e. The van der Waals surface area contributed by atoms with Gasteiger partial charge in [-0.05, 0) is 46.2 Å². The smallest absolute Gasteiger partial charge is 0.261 e. The van der Waals surface area contributed by atoms with E-state index in [0.717, 1.165) is 11.1 Å². The highest BCUT2D eigenvalue weighted by atomic mass is 35.5. The first-order valence-corrected chi connectivity index (χ1v) is 14.0. The number of nitrogens with one attached hydrogen (secondary N) is 1. The van der Waals surface area contributed by atoms with Gasteiger partial charge in [-0.25, -0.2) is 0 Å². The number of hydrogen-bond acceptors (Lipinski definition) is 3. The van der Waals surface area contributed by atoms with Gasteiger partial charge in [0, 0.05) is 29.6 Å². The van der Waals surface area contributed by atoms with Crippen molar-refractivity contribution >= 4 is 35.0 Å². The predicted molar refractivity (Wildman–Crippen MR) is 159 cm³/mol. The first-order valence-electron chi connectivity index (χ1n) is 13.2. The van der Waals surface area contributed by atoms with Gasteiger partial charge in [-0.3, -0.25) is 9.59 Å². The van der Waals surface area contributed by atoms with E-state index in [0.29, 0.717) is 34.3 Å². The third-order valence-corrected chi connectivity index (χ3v) is 6.94. The monoisotopic (exact) mass is 568 g/mol. The van der Waals surface area contributed by atoms with Crippen LogP contribution in [0.15, 0.2) is 72.8 Å². The molecule has 3 rings (SSSR count). The van der Waals surface area contributed by atoms with Gasteiger partial charge >= 0.3 is 0 Å². The fourth-order valence-electron chi connectivity index (χ4n) is 4.24. The number of rotatable bonds is 11. The number of carbonyl (C=O) groups excluding carboxylic acids is 2. The molecule has 39 heavy (non-hydrogen) atoms. The number of hydrogen-bond donors (Lipinski definition) is 1. The first-order chi connectivity index (χ1) is 18.5. The summed E-state index contributed by atoms with van der Waals surface area (Å²) in [7, 11) is 0. The molecular weight excluding hydrogens is 531 g/mol. The lowest BCUT2D eigenvalue weighted by Gasteiger charge is -2.32. The van der Waals surface area contributed by atoms with Crippen LogP contribution in [-0.2, 0) is 28.0 Å². The first kappa shape index (κ1) is 30.5. The Morgan fingerprint density at radius 1 is 0.949 bits per heavy atom. The van der Waals surface area contributed by atoms with E-state index in [1.165, 1.54) is 0 Å². The molecule has 208 valence electrons. The van der Waals surface area contributed by atoms with Gasteiger partial charge in [0.1, 0.15) is 11.8 Å². The van der Waals surface area contributed by atoms with Gasteiger partial charge in [0.25, 0.3) is 5.91 Å². The molecule has 0 unspecified atom stereocenters. The Labute approximate surface area is 242 Å². The number of para-hydroxylation sites is 1. The molecule has 0 aromatic heterocycles. The van der Waals surface area contributed by atoms with E-state index in [2.05, 4.69) is 26.1 Å². The van der Waals surface area contributed by atoms with E-state index in [-0.39, 0.29) is 36.3 Å². The molecule has 0 spiro atoms. The van der Waals surface area contributed by atoms with Gasteiger partial charge in [0.05, 0.1) is 0 Å². The van der Waals surface area contributed by atoms with E-state index in [9.17, 15) is 9.59 Å². The highest BCUT2D eigenvalue weighted by Crippen LogP contribution is 2.31. The normalized spacial score (nSPS) is 12.2. The van der Waals surface area contributed by atoms with Crippen molar-refractivity contribution in [1.29, 1.82) is 0 Å². The van der Waals surface area contributed by atoms with Gasteiger partial charge in [-0.2, -0.15) is 0 Å². The maximum absolute atomic E-state index is 13.9. The Hall–Kier alpha value is -3.02. The van der Waals surface area contributed by atoms with Crippen molar-refractivity contribution in [2.75, 3.05) is 13.2 Å². The number of amides is 2. The minimum absolute atomic E-state index is 0.131. The highest BCUT2D eigenvalue weighted by molar-refractivity contribution is 6.35. The number of halogens is 2. The summed E-state index contributed by atoms with van der Waals surface area (Å²) in [5.74, 6) is 0.372. The van der Waals surface area contributed by atoms with Crippen LogP contribution in [0, 0.1) is 5.92 Å². The Morgan fingerprint density at radius 3 is 2.26 bits per heavy atom. The largest absolute Gasteiger partial charge is 0.483 e. The van der Waals surface area contributed by atoms with Crippen LogP contribution < -0.4 is 10.1 Å². The molecule has 0 fully saturated rings. The molecule has 3 aromatic carbocycles. The van der Waals surface area contributed by atoms with E-state index in [1.807, 2.05) is 68.4 Å². The summed E-state index contributed by atoms with van der Waals surface area (Å²) in [5.41, 5.74) is 2.48. The summed E-state index contributed by atoms with van der Waals surface area (Å²) in [5, 5.41) is 3.95. The summed E-state index contributed by atoms with van der Waals surface area (Å²) in [6, 6.07) is 21.8. The average molecular weight is 570 g/mol. The van der Waals surface area contributed by atoms with Crippen molar-refractivity contribution in [2.45, 2.75) is 59.0 Å². The second-order valence-corrected chi connectivity index (χ2v) is 12.0. The maximum atomic E-state index is 13.9. The molecular formula is C32H38Cl2N2O3. The Bertz CT molecular complexity index is 1260. The molecule has 0 saturated heterocycles. The lowest BCUT2D eigenvalue weighted by molar-refractivity contribution is -0.142. The highest BCUT2D eigenvalue weighted by Gasteiger charge is 2.31. The molecule has 3 aromatic rings. The molecule has 0 saturated carbocycles. The summed E-state index contributed by atoms with van der Waals surface area (Å²) >= 11 is 12.6. The van der Waals surface area contributed by atoms with Crippen molar-refractivity contribution in [3.8, 4) is 5.75 Å². The molecule has 0 radical (unpaired) electrons. The van der Waals surface area contributed by atoms with Gasteiger partial charge in [-0.1, -0.05) is 112 Å². The fraction of sp³-hybridized carbons (Fsp3) is 0.375. The van der Waals surface area contributed by atoms with Gasteiger partial charge in [0.15, 0.2) is 6.61 Å². The summed E-state index contributed by atoms with van der Waals surface area (Å²) in [6.07, 6.45) is 0.348. The van der Waals surface area contributed by atoms with Crippen molar-refractivity contribution in [1.82, 2.24) is 10.2 Å². The Balaban J connectivity index is 1.96. The molecule has 5 nitrogen and oxygen atoms in total. The van der Waals surface area contributed by atoms with Crippen LogP contribution >= 0.6 is 23.2 Å². The van der Waals surface area contributed by atoms with Gasteiger partial charge < -0.3 is 15.0 Å². The van der Waals surface area contributed by atoms with Crippen LogP contribution in [0.5, 0.6) is 5.75 Å². The SMILES string of the molecule is CC(C)CNC(=O)[C@@H](Cc1ccccc1)N(Cc1ccc(Cl)cc1Cl)C(=O)COc1ccccc1C(C)(C)C. The van der Waals surface area contributed by atoms with Crippen molar-refractivity contribution in [3.05, 3.63) is 99.5 Å². The van der Waals surface area contributed by atoms with E-state index in [4.69, 9.17) is 27.9 Å². The van der Waals surface area contributed by atoms with Gasteiger partial charge in [0.2, 0.25) is 5.91 Å². The van der Waals surface area contributed by atoms with Crippen molar-refractivity contribution in [3.63, 3.8) is 0 Å². The standard InChI is InChI=1S/C32H38Cl2N2O3/c1-22(2)19-35-31(38)28(17-23-11-7-6-8-12-23)36(20-24-15-16-25(33)18-27(24)34)30(37)21-39-29-14-10-9-13-26(29)32(3,4)5/h6-16,18,22,28H,17,19-21H2,1-5H3,(H,35,38)/t28-/m1/s1. The van der Waals surface area contributed by atoms with E-state index >= 15 is 0 Å². The number of carbonyl (C=O) groups is 2. The number of ether oxygens (including phenoxy) is 1. The summed E-state index contributed by atoms with van der Waals surface area (Å²) in [4.78, 5) is 29.0. The zero-order valence-corrected chi connectivity index (χ0v) is 24.9. The lowest BCUT2D eigenvalue weighted by atomic mass is 9.86. The van der Waals surface area contributed by atoms with E-state index in [1.54, 1.807) is 23.1 Å². The van der Waals surface area contributed by atoms with Crippen LogP contribution in [0.25, 0.3) is 0 Å². The van der Waals surface area contributed by atoms with Crippen LogP contribution in [0.3, 0.4) is 0 Å². The molecule has 0 aliphatic heterocycles. The van der Waals surface area contributed by atoms with Crippen molar-refractivity contribution in [2.24, 2.45) is 5.92 Å². The average Bonchev–Trinajstić information content (AvgIpc) is 2.89. The molecule has 2 amide bonds. The molecule has 7 heteroatoms. The summed E-state index contributed by atoms with van der Waals surface area (Å²) in [6.45, 7) is 10.8. The fourth-order valence-corrected chi connectivity index (χ4v) is 4.71. The van der Waals surface area contributed by atoms with Crippen LogP contribution in [-0.4, -0.2) is 35.9 Å². The minimum atomic E-state index is -0.771. The molecule has 0 aliphatic rings. The Morgan fingerprint density at radius 2 is 1.62 bits per heavy atom. The van der Waals surface area contributed by atoms with Crippen LogP contribution in [0.1, 0.15) is 51.3 Å². The zero-order valence-electron chi connectivity index (χ0n) is 23.3. The molecule has 1 atom stereocenters. The quantitative estimate of drug-likeness (QED) is 0.269. The third kappa shape index (κ3) is 9.01. The summed E-state index contributed by atoms with van der Waals surface area (Å²) < 4.78 is 6.09. The van der Waals surface area contributed by atoms with Crippen LogP contribution in [0.2, 0.25) is 10.0 Å². The number of benzene rings is 3.